The predicted molar refractivity (Wildman–Crippen MR) is 209 cm³/mol. The zero-order valence-corrected chi connectivity index (χ0v) is 34.2. The van der Waals surface area contributed by atoms with Crippen molar-refractivity contribution >= 4 is 56.9 Å². The van der Waals surface area contributed by atoms with Crippen molar-refractivity contribution in [3.63, 3.8) is 0 Å². The van der Waals surface area contributed by atoms with Crippen molar-refractivity contribution in [3.8, 4) is 0 Å². The monoisotopic (exact) mass is 831 g/mol. The first-order valence-electron chi connectivity index (χ1n) is 20.0. The number of nitrogens with zero attached hydrogens (tertiary/aromatic N) is 8. The lowest BCUT2D eigenvalue weighted by Crippen LogP contribution is -2.36. The van der Waals surface area contributed by atoms with E-state index in [0.717, 1.165) is 42.3 Å². The van der Waals surface area contributed by atoms with Gasteiger partial charge in [0.2, 0.25) is 10.6 Å². The molecule has 6 fully saturated rings. The number of hydrogen-bond donors (Lipinski definition) is 4. The molecule has 57 heavy (non-hydrogen) atoms. The molecule has 0 bridgehead atoms. The molecule has 4 N–H and O–H groups in total. The number of ether oxygens (including phenoxy) is 6. The topological polar surface area (TPSA) is 199 Å². The number of rotatable bonds is 9. The number of hydrogen-bond acceptors (Lipinski definition) is 16. The van der Waals surface area contributed by atoms with E-state index in [1.807, 2.05) is 34.7 Å². The molecule has 0 radical (unpaired) electrons. The minimum Gasteiger partial charge on any atom is -0.394 e. The maximum atomic E-state index is 9.71. The van der Waals surface area contributed by atoms with Crippen molar-refractivity contribution in [3.05, 3.63) is 23.0 Å². The minimum atomic E-state index is -0.754. The average molecular weight is 833 g/mol. The van der Waals surface area contributed by atoms with Crippen LogP contribution in [-0.2, 0) is 28.4 Å². The van der Waals surface area contributed by atoms with Gasteiger partial charge >= 0.3 is 0 Å². The Hall–Kier alpha value is -3.04. The average Bonchev–Trinajstić information content (AvgIpc) is 4.00. The van der Waals surface area contributed by atoms with Gasteiger partial charge < -0.3 is 49.5 Å². The normalized spacial score (nSPS) is 31.9. The Morgan fingerprint density at radius 1 is 0.667 bits per heavy atom. The number of aromatic nitrogens is 8. The fourth-order valence-corrected chi connectivity index (χ4v) is 9.47. The summed E-state index contributed by atoms with van der Waals surface area (Å²) in [6.45, 7) is 8.02. The molecule has 0 unspecified atom stereocenters. The Kier molecular flexibility index (Phi) is 10.7. The van der Waals surface area contributed by atoms with Gasteiger partial charge in [-0.2, -0.15) is 30.1 Å². The molecule has 4 aliphatic heterocycles. The van der Waals surface area contributed by atoms with Crippen molar-refractivity contribution in [1.29, 1.82) is 0 Å². The van der Waals surface area contributed by atoms with E-state index in [4.69, 9.17) is 51.6 Å². The lowest BCUT2D eigenvalue weighted by Gasteiger charge is -2.24. The standard InChI is InChI=1S/C19H27ClN6O3.C18H24ClN5O4/c1-19(2)28-13-12(9-21-3)27-17(14(13)29-19)26-16-11(8-22-26)15(24-18(20)25-16)23-10-6-4-5-7-10;1-18(2)27-12-11(8-25)26-16(13(12)28-18)24-15-10(7-20-24)14(22-17(19)23-15)21-9-5-3-4-6-9/h8,10,12-14,17,21H,4-7,9H2,1-3H3,(H,23,24,25);7,9,11-13,16,25H,3-6,8H2,1-2H3,(H,21,22,23)/t12-,13-,14-,17-;11-,12-,13-,16-/m11/s1. The summed E-state index contributed by atoms with van der Waals surface area (Å²) in [5, 5.41) is 30.9. The molecule has 310 valence electrons. The van der Waals surface area contributed by atoms with Gasteiger partial charge in [-0.05, 0) is 83.6 Å². The van der Waals surface area contributed by atoms with Crippen LogP contribution in [0.3, 0.4) is 0 Å². The van der Waals surface area contributed by atoms with Crippen LogP contribution in [0.5, 0.6) is 0 Å². The maximum absolute atomic E-state index is 9.71. The highest BCUT2D eigenvalue weighted by atomic mass is 35.5. The number of anilines is 2. The molecule has 4 aromatic rings. The maximum Gasteiger partial charge on any atom is 0.226 e. The van der Waals surface area contributed by atoms with Gasteiger partial charge in [0.25, 0.3) is 0 Å². The number of likely N-dealkylation sites (N-methyl/N-ethyl adjacent to an activating group) is 1. The number of aliphatic hydroxyl groups is 1. The van der Waals surface area contributed by atoms with E-state index in [1.165, 1.54) is 25.7 Å². The molecule has 0 spiro atoms. The van der Waals surface area contributed by atoms with E-state index < -0.39 is 36.2 Å². The van der Waals surface area contributed by atoms with Gasteiger partial charge in [-0.15, -0.1) is 0 Å². The second kappa shape index (κ2) is 15.5. The molecule has 10 rings (SSSR count). The first kappa shape index (κ1) is 39.4. The quantitative estimate of drug-likeness (QED) is 0.169. The van der Waals surface area contributed by atoms with Crippen LogP contribution in [0.1, 0.15) is 91.5 Å². The number of halogens is 2. The summed E-state index contributed by atoms with van der Waals surface area (Å²) in [5.41, 5.74) is 1.20. The molecule has 2 saturated carbocycles. The molecule has 18 nitrogen and oxygen atoms in total. The van der Waals surface area contributed by atoms with E-state index in [2.05, 4.69) is 46.1 Å². The largest absolute Gasteiger partial charge is 0.394 e. The Bertz CT molecular complexity index is 2070. The summed E-state index contributed by atoms with van der Waals surface area (Å²) >= 11 is 12.5. The van der Waals surface area contributed by atoms with Crippen molar-refractivity contribution in [2.75, 3.05) is 30.8 Å². The molecule has 20 heteroatoms. The summed E-state index contributed by atoms with van der Waals surface area (Å²) < 4.78 is 40.0. The van der Waals surface area contributed by atoms with E-state index >= 15 is 0 Å². The molecule has 0 aromatic carbocycles. The Labute approximate surface area is 340 Å². The van der Waals surface area contributed by atoms with Crippen molar-refractivity contribution in [2.45, 2.75) is 152 Å². The number of aliphatic hydroxyl groups excluding tert-OH is 1. The molecule has 2 aliphatic carbocycles. The number of fused-ring (bicyclic) bond motifs is 4. The first-order chi connectivity index (χ1) is 27.4. The van der Waals surface area contributed by atoms with Gasteiger partial charge in [0.05, 0.1) is 29.8 Å². The van der Waals surface area contributed by atoms with Gasteiger partial charge in [0.15, 0.2) is 35.3 Å². The Balaban J connectivity index is 0.000000148. The highest BCUT2D eigenvalue weighted by Gasteiger charge is 2.57. The summed E-state index contributed by atoms with van der Waals surface area (Å²) in [5.74, 6) is -0.0160. The van der Waals surface area contributed by atoms with Crippen LogP contribution < -0.4 is 16.0 Å². The fraction of sp³-hybridized carbons (Fsp3) is 0.730. The van der Waals surface area contributed by atoms with E-state index in [9.17, 15) is 5.11 Å². The molecule has 8 atom stereocenters. The van der Waals surface area contributed by atoms with E-state index in [0.29, 0.717) is 35.7 Å². The van der Waals surface area contributed by atoms with Crippen molar-refractivity contribution in [2.24, 2.45) is 0 Å². The van der Waals surface area contributed by atoms with E-state index in [1.54, 1.807) is 21.8 Å². The van der Waals surface area contributed by atoms with Gasteiger partial charge in [-0.1, -0.05) is 25.7 Å². The van der Waals surface area contributed by atoms with Crippen LogP contribution in [0.25, 0.3) is 22.1 Å². The van der Waals surface area contributed by atoms with Crippen LogP contribution in [0.2, 0.25) is 10.6 Å². The van der Waals surface area contributed by atoms with Gasteiger partial charge in [0, 0.05) is 18.6 Å². The van der Waals surface area contributed by atoms with Crippen molar-refractivity contribution < 1.29 is 33.5 Å². The lowest BCUT2D eigenvalue weighted by atomic mass is 10.1. The van der Waals surface area contributed by atoms with Crippen LogP contribution >= 0.6 is 23.2 Å². The molecule has 6 aliphatic rings. The summed E-state index contributed by atoms with van der Waals surface area (Å²) in [4.78, 5) is 17.7. The van der Waals surface area contributed by atoms with Crippen molar-refractivity contribution in [1.82, 2.24) is 44.8 Å². The van der Waals surface area contributed by atoms with E-state index in [-0.39, 0.29) is 41.6 Å². The first-order valence-corrected chi connectivity index (χ1v) is 20.8. The van der Waals surface area contributed by atoms with Crippen LogP contribution in [-0.4, -0.2) is 125 Å². The summed E-state index contributed by atoms with van der Waals surface area (Å²) in [6.07, 6.45) is 9.96. The molecule has 0 amide bonds. The van der Waals surface area contributed by atoms with Crippen LogP contribution in [0.15, 0.2) is 12.4 Å². The second-order valence-corrected chi connectivity index (χ2v) is 17.3. The summed E-state index contributed by atoms with van der Waals surface area (Å²) in [7, 11) is 1.89. The van der Waals surface area contributed by atoms with Gasteiger partial charge in [-0.3, -0.25) is 0 Å². The smallest absolute Gasteiger partial charge is 0.226 e. The fourth-order valence-electron chi connectivity index (χ4n) is 9.14. The minimum absolute atomic E-state index is 0.145. The molecular formula is C37H51Cl2N11O7. The third-order valence-electron chi connectivity index (χ3n) is 11.6. The second-order valence-electron chi connectivity index (χ2n) is 16.6. The van der Waals surface area contributed by atoms with Crippen LogP contribution in [0, 0.1) is 0 Å². The zero-order valence-electron chi connectivity index (χ0n) is 32.7. The number of nitrogens with one attached hydrogen (secondary N) is 3. The lowest BCUT2D eigenvalue weighted by molar-refractivity contribution is -0.201. The predicted octanol–water partition coefficient (Wildman–Crippen LogP) is 4.72. The SMILES string of the molecule is CC1(C)O[C@@H]2[C@H](O1)[C@@H](CO)O[C@H]2n1ncc2c(NC3CCCC3)nc(Cl)nc21.CNC[C@H]1O[C@@H](n2ncc3c(NC4CCCC4)nc(Cl)nc32)[C@@H]2OC(C)(C)O[C@@H]21. The summed E-state index contributed by atoms with van der Waals surface area (Å²) in [6, 6.07) is 0.794. The molecule has 4 saturated heterocycles. The Morgan fingerprint density at radius 2 is 1.09 bits per heavy atom. The molecule has 8 heterocycles. The third-order valence-corrected chi connectivity index (χ3v) is 11.9. The van der Waals surface area contributed by atoms with Gasteiger partial charge in [0.1, 0.15) is 48.3 Å². The highest BCUT2D eigenvalue weighted by Crippen LogP contribution is 2.45. The molecule has 4 aromatic heterocycles. The molecular weight excluding hydrogens is 781 g/mol. The highest BCUT2D eigenvalue weighted by molar-refractivity contribution is 6.29. The van der Waals surface area contributed by atoms with Gasteiger partial charge in [-0.25, -0.2) is 9.36 Å². The van der Waals surface area contributed by atoms with Crippen LogP contribution in [0.4, 0.5) is 11.6 Å². The third kappa shape index (κ3) is 7.66. The Morgan fingerprint density at radius 3 is 1.53 bits per heavy atom. The zero-order chi connectivity index (χ0) is 39.6.